The molecule has 2 aliphatic heterocycles. The molecular weight excluding hydrogens is 408 g/mol. The van der Waals surface area contributed by atoms with Crippen LogP contribution in [0, 0.1) is 5.92 Å². The summed E-state index contributed by atoms with van der Waals surface area (Å²) >= 11 is 3.08. The Hall–Kier alpha value is -2.71. The van der Waals surface area contributed by atoms with Crippen molar-refractivity contribution < 1.29 is 19.1 Å². The van der Waals surface area contributed by atoms with Gasteiger partial charge in [-0.25, -0.2) is 4.98 Å². The van der Waals surface area contributed by atoms with E-state index in [4.69, 9.17) is 9.47 Å². The number of hydrogen-bond acceptors (Lipinski definition) is 7. The summed E-state index contributed by atoms with van der Waals surface area (Å²) < 4.78 is 10.7. The van der Waals surface area contributed by atoms with Crippen LogP contribution in [-0.4, -0.2) is 41.5 Å². The number of ether oxygens (including phenoxy) is 2. The minimum atomic E-state index is -0.219. The van der Waals surface area contributed by atoms with Gasteiger partial charge in [0, 0.05) is 30.0 Å². The topological polar surface area (TPSA) is 68.7 Å². The molecule has 148 valence electrons. The number of benzene rings is 1. The van der Waals surface area contributed by atoms with Crippen LogP contribution in [0.5, 0.6) is 11.5 Å². The Kier molecular flexibility index (Phi) is 4.81. The van der Waals surface area contributed by atoms with E-state index in [2.05, 4.69) is 4.98 Å². The van der Waals surface area contributed by atoms with Crippen molar-refractivity contribution in [2.24, 2.45) is 5.92 Å². The molecule has 1 atom stereocenters. The zero-order valence-corrected chi connectivity index (χ0v) is 17.1. The van der Waals surface area contributed by atoms with Gasteiger partial charge in [-0.05, 0) is 42.5 Å². The lowest BCUT2D eigenvalue weighted by Crippen LogP contribution is -2.42. The molecule has 2 aliphatic rings. The number of piperidine rings is 1. The zero-order chi connectivity index (χ0) is 19.8. The number of thiophene rings is 1. The van der Waals surface area contributed by atoms with E-state index < -0.39 is 0 Å². The summed E-state index contributed by atoms with van der Waals surface area (Å²) in [6, 6.07) is 9.24. The van der Waals surface area contributed by atoms with Crippen molar-refractivity contribution >= 4 is 34.4 Å². The molecule has 0 N–H and O–H groups in total. The first-order chi connectivity index (χ1) is 14.2. The lowest BCUT2D eigenvalue weighted by atomic mass is 9.89. The van der Waals surface area contributed by atoms with Crippen molar-refractivity contribution in [3.05, 3.63) is 52.3 Å². The fraction of sp³-hybridized carbons (Fsp3) is 0.286. The minimum absolute atomic E-state index is 0.0401. The van der Waals surface area contributed by atoms with E-state index in [1.807, 2.05) is 17.5 Å². The number of likely N-dealkylation sites (tertiary alicyclic amines) is 1. The molecule has 0 spiro atoms. The van der Waals surface area contributed by atoms with E-state index in [0.29, 0.717) is 35.8 Å². The predicted octanol–water partition coefficient (Wildman–Crippen LogP) is 4.34. The van der Waals surface area contributed by atoms with E-state index in [-0.39, 0.29) is 24.4 Å². The molecule has 6 nitrogen and oxygen atoms in total. The van der Waals surface area contributed by atoms with Gasteiger partial charge in [0.2, 0.25) is 6.79 Å². The Bertz CT molecular complexity index is 1060. The molecule has 0 unspecified atom stereocenters. The maximum absolute atomic E-state index is 13.0. The minimum Gasteiger partial charge on any atom is -0.454 e. The molecule has 2 aromatic heterocycles. The summed E-state index contributed by atoms with van der Waals surface area (Å²) in [5.74, 6) is 0.976. The molecule has 4 heterocycles. The molecular formula is C21H18N2O4S2. The first-order valence-corrected chi connectivity index (χ1v) is 11.2. The molecule has 8 heteroatoms. The lowest BCUT2D eigenvalue weighted by Gasteiger charge is -2.31. The highest BCUT2D eigenvalue weighted by Gasteiger charge is 2.31. The van der Waals surface area contributed by atoms with Crippen molar-refractivity contribution in [1.29, 1.82) is 0 Å². The van der Waals surface area contributed by atoms with Crippen LogP contribution in [0.1, 0.15) is 33.7 Å². The number of ketones is 1. The van der Waals surface area contributed by atoms with Crippen molar-refractivity contribution in [2.75, 3.05) is 19.9 Å². The largest absolute Gasteiger partial charge is 0.454 e. The second-order valence-electron chi connectivity index (χ2n) is 7.04. The Morgan fingerprint density at radius 3 is 2.90 bits per heavy atom. The van der Waals surface area contributed by atoms with Gasteiger partial charge in [-0.2, -0.15) is 0 Å². The summed E-state index contributed by atoms with van der Waals surface area (Å²) in [5, 5.41) is 4.66. The number of fused-ring (bicyclic) bond motifs is 1. The van der Waals surface area contributed by atoms with Crippen LogP contribution in [-0.2, 0) is 0 Å². The highest BCUT2D eigenvalue weighted by atomic mass is 32.1. The van der Waals surface area contributed by atoms with Gasteiger partial charge in [0.15, 0.2) is 17.3 Å². The number of carbonyl (C=O) groups excluding carboxylic acids is 2. The molecule has 29 heavy (non-hydrogen) atoms. The molecule has 1 fully saturated rings. The zero-order valence-electron chi connectivity index (χ0n) is 15.5. The van der Waals surface area contributed by atoms with Crippen LogP contribution in [0.15, 0.2) is 41.1 Å². The van der Waals surface area contributed by atoms with Gasteiger partial charge in [-0.15, -0.1) is 22.7 Å². The standard InChI is InChI=1S/C21H18N2O4S2/c24-19(13-5-6-16-17(9-13)27-12-26-16)14-3-1-7-23(10-14)21(25)15-11-29-20(22-15)18-4-2-8-28-18/h2,4-6,8-9,11,14H,1,3,7,10,12H2/t14-/m1/s1. The first kappa shape index (κ1) is 18.3. The molecule has 0 aliphatic carbocycles. The van der Waals surface area contributed by atoms with Gasteiger partial charge in [-0.3, -0.25) is 9.59 Å². The Labute approximate surface area is 175 Å². The van der Waals surface area contributed by atoms with E-state index in [9.17, 15) is 9.59 Å². The Balaban J connectivity index is 1.30. The quantitative estimate of drug-likeness (QED) is 0.581. The maximum Gasteiger partial charge on any atom is 0.273 e. The number of aromatic nitrogens is 1. The molecule has 5 rings (SSSR count). The second-order valence-corrected chi connectivity index (χ2v) is 8.84. The molecule has 1 amide bonds. The van der Waals surface area contributed by atoms with Gasteiger partial charge < -0.3 is 14.4 Å². The highest BCUT2D eigenvalue weighted by molar-refractivity contribution is 7.20. The van der Waals surface area contributed by atoms with Gasteiger partial charge in [-0.1, -0.05) is 6.07 Å². The average molecular weight is 427 g/mol. The molecule has 3 aromatic rings. The van der Waals surface area contributed by atoms with E-state index in [1.165, 1.54) is 11.3 Å². The number of nitrogens with zero attached hydrogens (tertiary/aromatic N) is 2. The van der Waals surface area contributed by atoms with Crippen molar-refractivity contribution in [1.82, 2.24) is 9.88 Å². The number of rotatable bonds is 4. The van der Waals surface area contributed by atoms with Crippen LogP contribution in [0.25, 0.3) is 9.88 Å². The average Bonchev–Trinajstić information content (AvgIpc) is 3.53. The Morgan fingerprint density at radius 1 is 1.14 bits per heavy atom. The smallest absolute Gasteiger partial charge is 0.273 e. The van der Waals surface area contributed by atoms with Crippen LogP contribution in [0.2, 0.25) is 0 Å². The number of Topliss-reactive ketones (excluding diaryl/α,β-unsaturated/α-hetero) is 1. The summed E-state index contributed by atoms with van der Waals surface area (Å²) in [7, 11) is 0. The van der Waals surface area contributed by atoms with Gasteiger partial charge in [0.05, 0.1) is 4.88 Å². The third-order valence-electron chi connectivity index (χ3n) is 5.19. The normalized spacial score (nSPS) is 18.1. The number of hydrogen-bond donors (Lipinski definition) is 0. The third kappa shape index (κ3) is 3.54. The third-order valence-corrected chi connectivity index (χ3v) is 7.07. The molecule has 1 saturated heterocycles. The molecule has 0 bridgehead atoms. The van der Waals surface area contributed by atoms with Crippen LogP contribution in [0.4, 0.5) is 0 Å². The number of amides is 1. The monoisotopic (exact) mass is 426 g/mol. The van der Waals surface area contributed by atoms with Crippen LogP contribution in [0.3, 0.4) is 0 Å². The van der Waals surface area contributed by atoms with E-state index in [0.717, 1.165) is 22.7 Å². The van der Waals surface area contributed by atoms with Gasteiger partial charge in [0.1, 0.15) is 10.7 Å². The fourth-order valence-electron chi connectivity index (χ4n) is 3.71. The first-order valence-electron chi connectivity index (χ1n) is 9.41. The van der Waals surface area contributed by atoms with Crippen molar-refractivity contribution in [2.45, 2.75) is 12.8 Å². The highest BCUT2D eigenvalue weighted by Crippen LogP contribution is 2.34. The van der Waals surface area contributed by atoms with Gasteiger partial charge in [0.25, 0.3) is 5.91 Å². The Morgan fingerprint density at radius 2 is 2.03 bits per heavy atom. The van der Waals surface area contributed by atoms with Crippen molar-refractivity contribution in [3.63, 3.8) is 0 Å². The number of carbonyl (C=O) groups is 2. The van der Waals surface area contributed by atoms with Crippen LogP contribution >= 0.6 is 22.7 Å². The molecule has 0 saturated carbocycles. The fourth-order valence-corrected chi connectivity index (χ4v) is 5.32. The summed E-state index contributed by atoms with van der Waals surface area (Å²) in [6.45, 7) is 1.24. The molecule has 0 radical (unpaired) electrons. The number of thiazole rings is 1. The SMILES string of the molecule is O=C(c1ccc2c(c1)OCO2)[C@@H]1CCCN(C(=O)c2csc(-c3cccs3)n2)C1. The van der Waals surface area contributed by atoms with Gasteiger partial charge >= 0.3 is 0 Å². The van der Waals surface area contributed by atoms with Crippen molar-refractivity contribution in [3.8, 4) is 21.4 Å². The second kappa shape index (κ2) is 7.61. The molecule has 1 aromatic carbocycles. The summed E-state index contributed by atoms with van der Waals surface area (Å²) in [4.78, 5) is 33.3. The predicted molar refractivity (Wildman–Crippen MR) is 111 cm³/mol. The maximum atomic E-state index is 13.0. The lowest BCUT2D eigenvalue weighted by molar-refractivity contribution is 0.0632. The van der Waals surface area contributed by atoms with Crippen LogP contribution < -0.4 is 9.47 Å². The summed E-state index contributed by atoms with van der Waals surface area (Å²) in [6.07, 6.45) is 1.57. The summed E-state index contributed by atoms with van der Waals surface area (Å²) in [5.41, 5.74) is 1.05. The van der Waals surface area contributed by atoms with E-state index in [1.54, 1.807) is 39.8 Å². The van der Waals surface area contributed by atoms with E-state index >= 15 is 0 Å².